The van der Waals surface area contributed by atoms with Gasteiger partial charge in [0.1, 0.15) is 0 Å². The molecule has 114 valence electrons. The van der Waals surface area contributed by atoms with E-state index in [4.69, 9.17) is 0 Å². The van der Waals surface area contributed by atoms with E-state index in [0.29, 0.717) is 11.3 Å². The molecule has 1 N–H and O–H groups in total. The fourth-order valence-corrected chi connectivity index (χ4v) is 9.77. The highest BCUT2D eigenvalue weighted by molar-refractivity contribution is 6.83. The number of aliphatic hydroxyl groups excluding tert-OH is 1. The Morgan fingerprint density at radius 3 is 2.57 bits per heavy atom. The van der Waals surface area contributed by atoms with Crippen LogP contribution < -0.4 is 0 Å². The number of hydrogen-bond acceptors (Lipinski definition) is 1. The maximum atomic E-state index is 11.2. The lowest BCUT2D eigenvalue weighted by Crippen LogP contribution is -2.33. The summed E-state index contributed by atoms with van der Waals surface area (Å²) in [6, 6.07) is 0. The quantitative estimate of drug-likeness (QED) is 0.573. The molecule has 0 aromatic heterocycles. The van der Waals surface area contributed by atoms with Gasteiger partial charge in [-0.05, 0) is 53.4 Å². The molecule has 6 aliphatic rings. The Labute approximate surface area is 129 Å². The average Bonchev–Trinajstić information content (AvgIpc) is 2.83. The summed E-state index contributed by atoms with van der Waals surface area (Å²) in [7, 11) is -1.39. The van der Waals surface area contributed by atoms with Gasteiger partial charge < -0.3 is 5.11 Å². The van der Waals surface area contributed by atoms with Crippen LogP contribution in [-0.2, 0) is 0 Å². The van der Waals surface area contributed by atoms with E-state index < -0.39 is 8.07 Å². The van der Waals surface area contributed by atoms with Gasteiger partial charge in [0.15, 0.2) is 0 Å². The van der Waals surface area contributed by atoms with Crippen LogP contribution in [0.3, 0.4) is 0 Å². The first-order valence-corrected chi connectivity index (χ1v) is 12.3. The van der Waals surface area contributed by atoms with Gasteiger partial charge in [0.05, 0.1) is 14.2 Å². The number of hydrogen-bond donors (Lipinski definition) is 1. The fraction of sp³-hybridized carbons (Fsp3) is 0.789. The maximum Gasteiger partial charge on any atom is 0.0806 e. The van der Waals surface area contributed by atoms with E-state index in [0.717, 1.165) is 23.7 Å². The zero-order chi connectivity index (χ0) is 14.9. The van der Waals surface area contributed by atoms with Gasteiger partial charge in [0.25, 0.3) is 0 Å². The second-order valence-electron chi connectivity index (χ2n) is 10.2. The van der Waals surface area contributed by atoms with Crippen molar-refractivity contribution in [2.75, 3.05) is 0 Å². The topological polar surface area (TPSA) is 20.2 Å². The molecule has 1 spiro atoms. The lowest BCUT2D eigenvalue weighted by atomic mass is 9.69. The first kappa shape index (κ1) is 13.1. The summed E-state index contributed by atoms with van der Waals surface area (Å²) in [5, 5.41) is 12.9. The van der Waals surface area contributed by atoms with Crippen molar-refractivity contribution < 1.29 is 5.11 Å². The molecule has 2 heteroatoms. The third-order valence-corrected chi connectivity index (χ3v) is 9.90. The van der Waals surface area contributed by atoms with Crippen LogP contribution in [0.25, 0.3) is 0 Å². The normalized spacial score (nSPS) is 55.0. The highest BCUT2D eigenvalue weighted by Crippen LogP contribution is 2.83. The second kappa shape index (κ2) is 3.28. The van der Waals surface area contributed by atoms with Gasteiger partial charge in [-0.1, -0.05) is 50.8 Å². The van der Waals surface area contributed by atoms with Gasteiger partial charge in [-0.15, -0.1) is 0 Å². The Morgan fingerprint density at radius 1 is 1.19 bits per heavy atom. The van der Waals surface area contributed by atoms with Crippen LogP contribution in [-0.4, -0.2) is 19.3 Å². The molecule has 0 aromatic carbocycles. The minimum atomic E-state index is -1.39. The minimum Gasteiger partial charge on any atom is -0.388 e. The molecule has 0 saturated heterocycles. The lowest BCUT2D eigenvalue weighted by molar-refractivity contribution is 0.0952. The summed E-state index contributed by atoms with van der Waals surface area (Å²) in [6.45, 7) is 12.1. The molecule has 6 aliphatic carbocycles. The first-order valence-electron chi connectivity index (χ1n) is 8.81. The zero-order valence-electron chi connectivity index (χ0n) is 14.0. The Bertz CT molecular complexity index is 608. The van der Waals surface area contributed by atoms with Crippen LogP contribution in [0.1, 0.15) is 26.7 Å². The molecule has 21 heavy (non-hydrogen) atoms. The average molecular weight is 301 g/mol. The van der Waals surface area contributed by atoms with Crippen molar-refractivity contribution in [3.05, 3.63) is 22.9 Å². The predicted octanol–water partition coefficient (Wildman–Crippen LogP) is 4.02. The smallest absolute Gasteiger partial charge is 0.0806 e. The van der Waals surface area contributed by atoms with Gasteiger partial charge >= 0.3 is 0 Å². The van der Waals surface area contributed by atoms with E-state index in [-0.39, 0.29) is 11.5 Å². The summed E-state index contributed by atoms with van der Waals surface area (Å²) in [5.41, 5.74) is 2.04. The molecule has 6 rings (SSSR count). The Kier molecular flexibility index (Phi) is 2.05. The third-order valence-electron chi connectivity index (χ3n) is 7.68. The van der Waals surface area contributed by atoms with Gasteiger partial charge in [-0.25, -0.2) is 0 Å². The van der Waals surface area contributed by atoms with Crippen LogP contribution in [0.2, 0.25) is 19.6 Å². The van der Waals surface area contributed by atoms with Crippen molar-refractivity contribution >= 4 is 8.07 Å². The molecular formula is C19H28OSi. The van der Waals surface area contributed by atoms with Crippen LogP contribution in [0.5, 0.6) is 0 Å². The van der Waals surface area contributed by atoms with Gasteiger partial charge in [0, 0.05) is 5.41 Å². The summed E-state index contributed by atoms with van der Waals surface area (Å²) in [6.07, 6.45) is 7.64. The molecule has 1 unspecified atom stereocenters. The Morgan fingerprint density at radius 2 is 1.90 bits per heavy atom. The first-order chi connectivity index (χ1) is 9.69. The van der Waals surface area contributed by atoms with E-state index in [1.165, 1.54) is 12.8 Å². The third kappa shape index (κ3) is 1.23. The molecular weight excluding hydrogens is 272 g/mol. The summed E-state index contributed by atoms with van der Waals surface area (Å²) in [4.78, 5) is 0. The largest absolute Gasteiger partial charge is 0.388 e. The number of allylic oxidation sites excluding steroid dienone is 3. The molecule has 0 amide bonds. The van der Waals surface area contributed by atoms with Crippen molar-refractivity contribution in [1.82, 2.24) is 0 Å². The molecule has 3 fully saturated rings. The van der Waals surface area contributed by atoms with Crippen molar-refractivity contribution in [3.8, 4) is 0 Å². The van der Waals surface area contributed by atoms with E-state index in [2.05, 4.69) is 45.6 Å². The Hall–Kier alpha value is -0.343. The number of rotatable bonds is 1. The van der Waals surface area contributed by atoms with Crippen LogP contribution >= 0.6 is 0 Å². The Balaban J connectivity index is 1.82. The maximum absolute atomic E-state index is 11.2. The molecule has 0 aliphatic heterocycles. The van der Waals surface area contributed by atoms with E-state index in [1.54, 1.807) is 10.8 Å². The van der Waals surface area contributed by atoms with E-state index >= 15 is 0 Å². The van der Waals surface area contributed by atoms with Gasteiger partial charge in [-0.3, -0.25) is 0 Å². The van der Waals surface area contributed by atoms with Gasteiger partial charge in [-0.2, -0.15) is 0 Å². The molecule has 0 aromatic rings. The molecule has 6 bridgehead atoms. The van der Waals surface area contributed by atoms with Crippen LogP contribution in [0.4, 0.5) is 0 Å². The van der Waals surface area contributed by atoms with Crippen LogP contribution in [0.15, 0.2) is 22.9 Å². The molecule has 0 radical (unpaired) electrons. The monoisotopic (exact) mass is 300 g/mol. The van der Waals surface area contributed by atoms with E-state index in [9.17, 15) is 5.11 Å². The van der Waals surface area contributed by atoms with Crippen molar-refractivity contribution in [1.29, 1.82) is 0 Å². The zero-order valence-corrected chi connectivity index (χ0v) is 15.0. The summed E-state index contributed by atoms with van der Waals surface area (Å²) in [5.74, 6) is 4.19. The summed E-state index contributed by atoms with van der Waals surface area (Å²) >= 11 is 0. The molecule has 3 saturated carbocycles. The lowest BCUT2D eigenvalue weighted by Gasteiger charge is -2.34. The molecule has 0 heterocycles. The second-order valence-corrected chi connectivity index (χ2v) is 15.2. The fourth-order valence-electron chi connectivity index (χ4n) is 7.29. The highest BCUT2D eigenvalue weighted by Gasteiger charge is 2.78. The van der Waals surface area contributed by atoms with E-state index in [1.807, 2.05) is 0 Å². The summed E-state index contributed by atoms with van der Waals surface area (Å²) < 4.78 is 0. The standard InChI is InChI=1S/C19H28OSi/c1-18(2)9-19-13-8-12-10(14(12)19)6-7-11(13)16(21(3,4)5)15(19)17(18)20/h6-7,10-14,17,20H,8-9H2,1-5H3/t10-,11+,12+,13-,14+,17?,19+/m0/s1. The van der Waals surface area contributed by atoms with Crippen molar-refractivity contribution in [2.24, 2.45) is 40.4 Å². The van der Waals surface area contributed by atoms with Gasteiger partial charge in [0.2, 0.25) is 0 Å². The van der Waals surface area contributed by atoms with Crippen molar-refractivity contribution in [3.63, 3.8) is 0 Å². The molecule has 7 atom stereocenters. The SMILES string of the molecule is CC1(C)C[C@@]23C(=C([Si](C)(C)C)[C@@H]4C=C[C@H]5[C@@H](C[C@@H]42)[C@@H]53)C1O. The van der Waals surface area contributed by atoms with Crippen molar-refractivity contribution in [2.45, 2.75) is 52.4 Å². The minimum absolute atomic E-state index is 0.0792. The van der Waals surface area contributed by atoms with Crippen LogP contribution in [0, 0.1) is 40.4 Å². The number of aliphatic hydroxyl groups is 1. The highest BCUT2D eigenvalue weighted by atomic mass is 28.3. The molecule has 1 nitrogen and oxygen atoms in total. The predicted molar refractivity (Wildman–Crippen MR) is 88.4 cm³/mol.